The standard InChI is InChI=1S/C21H28BrFN2O3/c1-14-10-12-25(20(27)28-21(3,4)5)18(14)7-6-11-24(15(2)26)19-13-16(23)8-9-17(19)22/h6-9,13-14,18H,10-12H2,1-5H3/t14-,18+/m0/s1. The fourth-order valence-electron chi connectivity index (χ4n) is 3.19. The molecule has 2 atom stereocenters. The van der Waals surface area contributed by atoms with E-state index < -0.39 is 11.4 Å². The van der Waals surface area contributed by atoms with Crippen LogP contribution in [0.3, 0.4) is 0 Å². The predicted molar refractivity (Wildman–Crippen MR) is 112 cm³/mol. The lowest BCUT2D eigenvalue weighted by Gasteiger charge is -2.28. The number of rotatable bonds is 4. The Morgan fingerprint density at radius 2 is 2.07 bits per heavy atom. The average Bonchev–Trinajstić information content (AvgIpc) is 2.93. The summed E-state index contributed by atoms with van der Waals surface area (Å²) in [6.45, 7) is 9.98. The van der Waals surface area contributed by atoms with Gasteiger partial charge in [0.15, 0.2) is 0 Å². The first-order chi connectivity index (χ1) is 13.0. The lowest BCUT2D eigenvalue weighted by molar-refractivity contribution is -0.116. The molecule has 1 aliphatic heterocycles. The number of carbonyl (C=O) groups is 2. The predicted octanol–water partition coefficient (Wildman–Crippen LogP) is 5.14. The number of ether oxygens (including phenoxy) is 1. The number of anilines is 1. The number of likely N-dealkylation sites (tertiary alicyclic amines) is 1. The van der Waals surface area contributed by atoms with Crippen molar-refractivity contribution in [3.63, 3.8) is 0 Å². The lowest BCUT2D eigenvalue weighted by Crippen LogP contribution is -2.40. The van der Waals surface area contributed by atoms with Crippen LogP contribution in [0.1, 0.15) is 41.0 Å². The van der Waals surface area contributed by atoms with Crippen molar-refractivity contribution in [2.45, 2.75) is 52.7 Å². The van der Waals surface area contributed by atoms with Crippen molar-refractivity contribution >= 4 is 33.6 Å². The van der Waals surface area contributed by atoms with E-state index in [-0.39, 0.29) is 30.5 Å². The fourth-order valence-corrected chi connectivity index (χ4v) is 3.65. The molecule has 1 saturated heterocycles. The number of amides is 2. The van der Waals surface area contributed by atoms with E-state index in [0.29, 0.717) is 16.7 Å². The molecule has 7 heteroatoms. The molecule has 2 amide bonds. The molecular formula is C21H28BrFN2O3. The van der Waals surface area contributed by atoms with Gasteiger partial charge in [0, 0.05) is 24.5 Å². The van der Waals surface area contributed by atoms with Gasteiger partial charge in [0.1, 0.15) is 11.4 Å². The van der Waals surface area contributed by atoms with E-state index in [2.05, 4.69) is 22.9 Å². The first-order valence-electron chi connectivity index (χ1n) is 9.39. The van der Waals surface area contributed by atoms with Crippen LogP contribution in [0.25, 0.3) is 0 Å². The Balaban J connectivity index is 2.14. The zero-order valence-electron chi connectivity index (χ0n) is 17.0. The van der Waals surface area contributed by atoms with Gasteiger partial charge in [0.05, 0.1) is 11.7 Å². The van der Waals surface area contributed by atoms with Crippen LogP contribution in [0, 0.1) is 11.7 Å². The molecular weight excluding hydrogens is 427 g/mol. The summed E-state index contributed by atoms with van der Waals surface area (Å²) in [5.74, 6) is -0.316. The number of halogens is 2. The van der Waals surface area contributed by atoms with Crippen molar-refractivity contribution in [1.29, 1.82) is 0 Å². The Labute approximate surface area is 174 Å². The van der Waals surface area contributed by atoms with Crippen molar-refractivity contribution in [2.24, 2.45) is 5.92 Å². The number of hydrogen-bond donors (Lipinski definition) is 0. The zero-order valence-corrected chi connectivity index (χ0v) is 18.6. The van der Waals surface area contributed by atoms with Gasteiger partial charge < -0.3 is 14.5 Å². The summed E-state index contributed by atoms with van der Waals surface area (Å²) in [7, 11) is 0. The van der Waals surface area contributed by atoms with Crippen molar-refractivity contribution in [1.82, 2.24) is 4.90 Å². The topological polar surface area (TPSA) is 49.9 Å². The van der Waals surface area contributed by atoms with Gasteiger partial charge in [0.25, 0.3) is 0 Å². The van der Waals surface area contributed by atoms with Crippen LogP contribution < -0.4 is 4.90 Å². The van der Waals surface area contributed by atoms with Gasteiger partial charge in [-0.05, 0) is 67.2 Å². The normalized spacial score (nSPS) is 19.9. The molecule has 28 heavy (non-hydrogen) atoms. The molecule has 1 aliphatic rings. The number of carbonyl (C=O) groups excluding carboxylic acids is 2. The van der Waals surface area contributed by atoms with E-state index in [0.717, 1.165) is 6.42 Å². The molecule has 1 aromatic rings. The second kappa shape index (κ2) is 9.07. The molecule has 0 spiro atoms. The maximum absolute atomic E-state index is 13.6. The Hall–Kier alpha value is -1.89. The summed E-state index contributed by atoms with van der Waals surface area (Å²) in [6, 6.07) is 4.14. The van der Waals surface area contributed by atoms with Crippen LogP contribution >= 0.6 is 15.9 Å². The Bertz CT molecular complexity index is 761. The smallest absolute Gasteiger partial charge is 0.410 e. The van der Waals surface area contributed by atoms with Gasteiger partial charge in [-0.1, -0.05) is 19.1 Å². The van der Waals surface area contributed by atoms with Crippen molar-refractivity contribution in [3.05, 3.63) is 40.6 Å². The zero-order chi connectivity index (χ0) is 21.1. The molecule has 2 rings (SSSR count). The van der Waals surface area contributed by atoms with Crippen LogP contribution in [0.15, 0.2) is 34.8 Å². The van der Waals surface area contributed by atoms with Crippen LogP contribution in [-0.4, -0.2) is 41.6 Å². The third-order valence-electron chi connectivity index (χ3n) is 4.60. The lowest BCUT2D eigenvalue weighted by atomic mass is 10.0. The Morgan fingerprint density at radius 1 is 1.39 bits per heavy atom. The van der Waals surface area contributed by atoms with Crippen molar-refractivity contribution in [3.8, 4) is 0 Å². The Morgan fingerprint density at radius 3 is 2.68 bits per heavy atom. The second-order valence-electron chi connectivity index (χ2n) is 8.08. The van der Waals surface area contributed by atoms with Crippen molar-refractivity contribution < 1.29 is 18.7 Å². The van der Waals surface area contributed by atoms with E-state index in [1.54, 1.807) is 11.0 Å². The summed E-state index contributed by atoms with van der Waals surface area (Å²) in [5.41, 5.74) is -0.0765. The van der Waals surface area contributed by atoms with E-state index >= 15 is 0 Å². The van der Waals surface area contributed by atoms with Crippen molar-refractivity contribution in [2.75, 3.05) is 18.0 Å². The molecule has 154 valence electrons. The molecule has 1 aromatic carbocycles. The van der Waals surface area contributed by atoms with Crippen LogP contribution in [0.5, 0.6) is 0 Å². The molecule has 0 bridgehead atoms. The first kappa shape index (κ1) is 22.4. The first-order valence-corrected chi connectivity index (χ1v) is 10.2. The molecule has 5 nitrogen and oxygen atoms in total. The largest absolute Gasteiger partial charge is 0.444 e. The maximum atomic E-state index is 13.6. The molecule has 1 heterocycles. The van der Waals surface area contributed by atoms with Gasteiger partial charge in [-0.3, -0.25) is 4.79 Å². The molecule has 0 aromatic heterocycles. The molecule has 1 fully saturated rings. The quantitative estimate of drug-likeness (QED) is 0.591. The van der Waals surface area contributed by atoms with Gasteiger partial charge in [-0.15, -0.1) is 0 Å². The monoisotopic (exact) mass is 454 g/mol. The highest BCUT2D eigenvalue weighted by molar-refractivity contribution is 9.10. The van der Waals surface area contributed by atoms with Gasteiger partial charge in [0.2, 0.25) is 5.91 Å². The third-order valence-corrected chi connectivity index (χ3v) is 5.27. The molecule has 0 saturated carbocycles. The molecule has 0 aliphatic carbocycles. The number of benzene rings is 1. The van der Waals surface area contributed by atoms with Crippen LogP contribution in [-0.2, 0) is 9.53 Å². The molecule has 0 radical (unpaired) electrons. The highest BCUT2D eigenvalue weighted by Crippen LogP contribution is 2.29. The van der Waals surface area contributed by atoms with E-state index in [9.17, 15) is 14.0 Å². The van der Waals surface area contributed by atoms with Crippen LogP contribution in [0.4, 0.5) is 14.9 Å². The third kappa shape index (κ3) is 5.80. The SMILES string of the molecule is CC(=O)N(CC=C[C@@H]1[C@@H](C)CCN1C(=O)OC(C)(C)C)c1cc(F)ccc1Br. The van der Waals surface area contributed by atoms with E-state index in [4.69, 9.17) is 4.74 Å². The van der Waals surface area contributed by atoms with Crippen LogP contribution in [0.2, 0.25) is 0 Å². The summed E-state index contributed by atoms with van der Waals surface area (Å²) in [4.78, 5) is 27.8. The minimum absolute atomic E-state index is 0.0976. The Kier molecular flexibility index (Phi) is 7.26. The minimum atomic E-state index is -0.549. The average molecular weight is 455 g/mol. The summed E-state index contributed by atoms with van der Waals surface area (Å²) in [6.07, 6.45) is 4.34. The van der Waals surface area contributed by atoms with Gasteiger partial charge in [-0.2, -0.15) is 0 Å². The summed E-state index contributed by atoms with van der Waals surface area (Å²) >= 11 is 3.37. The van der Waals surface area contributed by atoms with E-state index in [1.807, 2.05) is 32.9 Å². The number of hydrogen-bond acceptors (Lipinski definition) is 3. The van der Waals surface area contributed by atoms with Gasteiger partial charge >= 0.3 is 6.09 Å². The summed E-state index contributed by atoms with van der Waals surface area (Å²) in [5, 5.41) is 0. The highest BCUT2D eigenvalue weighted by Gasteiger charge is 2.35. The maximum Gasteiger partial charge on any atom is 0.410 e. The number of nitrogens with zero attached hydrogens (tertiary/aromatic N) is 2. The summed E-state index contributed by atoms with van der Waals surface area (Å²) < 4.78 is 19.8. The molecule has 0 unspecified atom stereocenters. The van der Waals surface area contributed by atoms with Gasteiger partial charge in [-0.25, -0.2) is 9.18 Å². The fraction of sp³-hybridized carbons (Fsp3) is 0.524. The molecule has 0 N–H and O–H groups in total. The second-order valence-corrected chi connectivity index (χ2v) is 8.94. The van der Waals surface area contributed by atoms with E-state index in [1.165, 1.54) is 24.0 Å². The minimum Gasteiger partial charge on any atom is -0.444 e. The highest BCUT2D eigenvalue weighted by atomic mass is 79.9.